The van der Waals surface area contributed by atoms with Crippen LogP contribution in [-0.2, 0) is 4.74 Å². The van der Waals surface area contributed by atoms with Gasteiger partial charge in [-0.3, -0.25) is 0 Å². The van der Waals surface area contributed by atoms with Gasteiger partial charge in [-0.1, -0.05) is 13.3 Å². The third kappa shape index (κ3) is 2.64. The van der Waals surface area contributed by atoms with E-state index in [9.17, 15) is 8.78 Å². The number of benzene rings is 1. The van der Waals surface area contributed by atoms with Crippen molar-refractivity contribution in [3.8, 4) is 5.75 Å². The third-order valence-corrected chi connectivity index (χ3v) is 3.51. The summed E-state index contributed by atoms with van der Waals surface area (Å²) in [6, 6.07) is 2.58. The average molecular weight is 256 g/mol. The molecule has 2 unspecified atom stereocenters. The predicted octanol–water partition coefficient (Wildman–Crippen LogP) is 3.94. The van der Waals surface area contributed by atoms with Crippen molar-refractivity contribution in [1.82, 2.24) is 0 Å². The van der Waals surface area contributed by atoms with Gasteiger partial charge < -0.3 is 9.84 Å². The van der Waals surface area contributed by atoms with Gasteiger partial charge in [0.15, 0.2) is 11.6 Å². The Hall–Kier alpha value is -1.16. The van der Waals surface area contributed by atoms with Gasteiger partial charge in [-0.15, -0.1) is 0 Å². The van der Waals surface area contributed by atoms with Crippen molar-refractivity contribution in [3.63, 3.8) is 0 Å². The molecule has 2 atom stereocenters. The van der Waals surface area contributed by atoms with Crippen LogP contribution in [0.4, 0.5) is 8.78 Å². The van der Waals surface area contributed by atoms with Gasteiger partial charge in [0.2, 0.25) is 5.82 Å². The van der Waals surface area contributed by atoms with Crippen LogP contribution in [0.1, 0.15) is 44.3 Å². The molecule has 100 valence electrons. The molecular formula is C14H18F2O2. The summed E-state index contributed by atoms with van der Waals surface area (Å²) in [6.07, 6.45) is 3.50. The number of aromatic hydroxyl groups is 1. The van der Waals surface area contributed by atoms with Crippen LogP contribution in [0.5, 0.6) is 5.75 Å². The van der Waals surface area contributed by atoms with E-state index >= 15 is 0 Å². The lowest BCUT2D eigenvalue weighted by Gasteiger charge is -2.29. The Labute approximate surface area is 106 Å². The summed E-state index contributed by atoms with van der Waals surface area (Å²) in [5.74, 6) is -2.31. The monoisotopic (exact) mass is 256 g/mol. The molecule has 0 bridgehead atoms. The Balaban J connectivity index is 2.08. The maximum Gasteiger partial charge on any atom is 0.200 e. The normalized spacial score (nSPS) is 24.2. The molecule has 1 N–H and O–H groups in total. The fraction of sp³-hybridized carbons (Fsp3) is 0.571. The van der Waals surface area contributed by atoms with Gasteiger partial charge in [-0.05, 0) is 37.3 Å². The molecule has 18 heavy (non-hydrogen) atoms. The first-order valence-corrected chi connectivity index (χ1v) is 6.42. The molecule has 1 fully saturated rings. The van der Waals surface area contributed by atoms with Gasteiger partial charge >= 0.3 is 0 Å². The zero-order chi connectivity index (χ0) is 13.1. The number of rotatable bonds is 3. The number of hydrogen-bond acceptors (Lipinski definition) is 2. The maximum absolute atomic E-state index is 13.7. The Morgan fingerprint density at radius 1 is 1.28 bits per heavy atom. The number of ether oxygens (including phenoxy) is 1. The standard InChI is InChI=1S/C14H18F2O2/c1-2-3-9-4-7-12(18-8-9)10-5-6-11(17)14(16)13(10)15/h5-6,9,12,17H,2-4,7-8H2,1H3. The molecule has 4 heteroatoms. The quantitative estimate of drug-likeness (QED) is 0.887. The lowest BCUT2D eigenvalue weighted by Crippen LogP contribution is -2.21. The van der Waals surface area contributed by atoms with Crippen LogP contribution in [0, 0.1) is 17.6 Å². The van der Waals surface area contributed by atoms with E-state index in [1.807, 2.05) is 0 Å². The highest BCUT2D eigenvalue weighted by molar-refractivity contribution is 5.31. The second-order valence-corrected chi connectivity index (χ2v) is 4.86. The second-order valence-electron chi connectivity index (χ2n) is 4.86. The zero-order valence-corrected chi connectivity index (χ0v) is 10.5. The minimum Gasteiger partial charge on any atom is -0.505 e. The summed E-state index contributed by atoms with van der Waals surface area (Å²) < 4.78 is 32.6. The molecule has 0 aliphatic carbocycles. The molecule has 0 spiro atoms. The highest BCUT2D eigenvalue weighted by atomic mass is 19.2. The van der Waals surface area contributed by atoms with E-state index in [-0.39, 0.29) is 5.56 Å². The van der Waals surface area contributed by atoms with Crippen LogP contribution in [0.3, 0.4) is 0 Å². The molecule has 2 nitrogen and oxygen atoms in total. The summed E-state index contributed by atoms with van der Waals surface area (Å²) in [4.78, 5) is 0. The minimum absolute atomic E-state index is 0.209. The summed E-state index contributed by atoms with van der Waals surface area (Å²) >= 11 is 0. The summed E-state index contributed by atoms with van der Waals surface area (Å²) in [5.41, 5.74) is 0.209. The Kier molecular flexibility index (Phi) is 4.17. The highest BCUT2D eigenvalue weighted by Crippen LogP contribution is 2.35. The number of phenols is 1. The van der Waals surface area contributed by atoms with Crippen molar-refractivity contribution in [2.24, 2.45) is 5.92 Å². The van der Waals surface area contributed by atoms with E-state index in [1.54, 1.807) is 0 Å². The van der Waals surface area contributed by atoms with E-state index in [0.717, 1.165) is 19.3 Å². The minimum atomic E-state index is -1.19. The summed E-state index contributed by atoms with van der Waals surface area (Å²) in [6.45, 7) is 2.72. The predicted molar refractivity (Wildman–Crippen MR) is 64.3 cm³/mol. The molecule has 0 saturated carbocycles. The number of hydrogen-bond donors (Lipinski definition) is 1. The molecule has 0 aromatic heterocycles. The van der Waals surface area contributed by atoms with Gasteiger partial charge in [0, 0.05) is 5.56 Å². The van der Waals surface area contributed by atoms with Gasteiger partial charge in [-0.2, -0.15) is 4.39 Å². The SMILES string of the molecule is CCCC1CCC(c2ccc(O)c(F)c2F)OC1. The largest absolute Gasteiger partial charge is 0.505 e. The fourth-order valence-electron chi connectivity index (χ4n) is 2.49. The molecule has 1 aromatic carbocycles. The van der Waals surface area contributed by atoms with E-state index < -0.39 is 23.5 Å². The van der Waals surface area contributed by atoms with Crippen molar-refractivity contribution in [2.75, 3.05) is 6.61 Å². The molecule has 2 rings (SSSR count). The number of phenolic OH excluding ortho intramolecular Hbond substituents is 1. The first kappa shape index (κ1) is 13.3. The molecular weight excluding hydrogens is 238 g/mol. The van der Waals surface area contributed by atoms with E-state index in [2.05, 4.69) is 6.92 Å². The Morgan fingerprint density at radius 2 is 2.06 bits per heavy atom. The molecule has 0 amide bonds. The van der Waals surface area contributed by atoms with Crippen molar-refractivity contribution in [3.05, 3.63) is 29.3 Å². The first-order valence-electron chi connectivity index (χ1n) is 6.42. The molecule has 1 aromatic rings. The average Bonchev–Trinajstić information content (AvgIpc) is 2.38. The van der Waals surface area contributed by atoms with Crippen LogP contribution in [0.15, 0.2) is 12.1 Å². The lowest BCUT2D eigenvalue weighted by molar-refractivity contribution is -0.0215. The van der Waals surface area contributed by atoms with Crippen LogP contribution in [0.25, 0.3) is 0 Å². The molecule has 1 aliphatic heterocycles. The van der Waals surface area contributed by atoms with Gasteiger partial charge in [0.1, 0.15) is 0 Å². The maximum atomic E-state index is 13.7. The summed E-state index contributed by atoms with van der Waals surface area (Å²) in [5, 5.41) is 9.08. The smallest absolute Gasteiger partial charge is 0.200 e. The molecule has 1 heterocycles. The fourth-order valence-corrected chi connectivity index (χ4v) is 2.49. The van der Waals surface area contributed by atoms with Crippen molar-refractivity contribution < 1.29 is 18.6 Å². The van der Waals surface area contributed by atoms with E-state index in [4.69, 9.17) is 9.84 Å². The molecule has 1 saturated heterocycles. The molecule has 1 aliphatic rings. The van der Waals surface area contributed by atoms with Crippen molar-refractivity contribution in [2.45, 2.75) is 38.7 Å². The summed E-state index contributed by atoms with van der Waals surface area (Å²) in [7, 11) is 0. The van der Waals surface area contributed by atoms with Crippen LogP contribution < -0.4 is 0 Å². The third-order valence-electron chi connectivity index (χ3n) is 3.51. The van der Waals surface area contributed by atoms with Gasteiger partial charge in [0.25, 0.3) is 0 Å². The zero-order valence-electron chi connectivity index (χ0n) is 10.5. The Morgan fingerprint density at radius 3 is 2.67 bits per heavy atom. The lowest BCUT2D eigenvalue weighted by atomic mass is 9.91. The van der Waals surface area contributed by atoms with E-state index in [0.29, 0.717) is 18.9 Å². The number of halogens is 2. The van der Waals surface area contributed by atoms with Crippen LogP contribution >= 0.6 is 0 Å². The first-order chi connectivity index (χ1) is 8.63. The van der Waals surface area contributed by atoms with E-state index in [1.165, 1.54) is 12.1 Å². The topological polar surface area (TPSA) is 29.5 Å². The van der Waals surface area contributed by atoms with Crippen molar-refractivity contribution >= 4 is 0 Å². The van der Waals surface area contributed by atoms with Gasteiger partial charge in [-0.25, -0.2) is 4.39 Å². The van der Waals surface area contributed by atoms with Crippen LogP contribution in [0.2, 0.25) is 0 Å². The molecule has 0 radical (unpaired) electrons. The van der Waals surface area contributed by atoms with Gasteiger partial charge in [0.05, 0.1) is 12.7 Å². The highest BCUT2D eigenvalue weighted by Gasteiger charge is 2.26. The Bertz CT molecular complexity index is 413. The van der Waals surface area contributed by atoms with Crippen molar-refractivity contribution in [1.29, 1.82) is 0 Å². The van der Waals surface area contributed by atoms with Crippen LogP contribution in [-0.4, -0.2) is 11.7 Å². The second kappa shape index (κ2) is 5.65.